The van der Waals surface area contributed by atoms with E-state index >= 15 is 0 Å². The van der Waals surface area contributed by atoms with Gasteiger partial charge in [-0.05, 0) is 13.8 Å². The fourth-order valence-corrected chi connectivity index (χ4v) is 1.71. The lowest BCUT2D eigenvalue weighted by Gasteiger charge is -2.21. The molecule has 0 amide bonds. The number of aryl methyl sites for hydroxylation is 1. The van der Waals surface area contributed by atoms with Crippen LogP contribution in [0.4, 0.5) is 5.95 Å². The second-order valence-corrected chi connectivity index (χ2v) is 4.28. The number of hydrogen-bond donors (Lipinski definition) is 0. The molecule has 0 unspecified atom stereocenters. The Hall–Kier alpha value is -2.20. The summed E-state index contributed by atoms with van der Waals surface area (Å²) in [5.41, 5.74) is 0.908. The van der Waals surface area contributed by atoms with Gasteiger partial charge in [0, 0.05) is 26.4 Å². The van der Waals surface area contributed by atoms with Crippen LogP contribution in [0.2, 0.25) is 0 Å². The van der Waals surface area contributed by atoms with Crippen molar-refractivity contribution in [3.05, 3.63) is 17.5 Å². The number of rotatable bonds is 8. The van der Waals surface area contributed by atoms with Crippen molar-refractivity contribution < 1.29 is 14.3 Å². The molecule has 0 atom stereocenters. The Morgan fingerprint density at radius 1 is 1.48 bits per heavy atom. The molecule has 0 aliphatic carbocycles. The van der Waals surface area contributed by atoms with Crippen molar-refractivity contribution in [2.24, 2.45) is 0 Å². The lowest BCUT2D eigenvalue weighted by Crippen LogP contribution is -2.30. The molecule has 1 heterocycles. The molecule has 7 heteroatoms. The molecule has 1 aromatic heterocycles. The third kappa shape index (κ3) is 5.00. The predicted octanol–water partition coefficient (Wildman–Crippen LogP) is 1.33. The van der Waals surface area contributed by atoms with E-state index in [1.54, 1.807) is 21.0 Å². The highest BCUT2D eigenvalue weighted by Crippen LogP contribution is 2.12. The monoisotopic (exact) mass is 292 g/mol. The van der Waals surface area contributed by atoms with Gasteiger partial charge in [-0.1, -0.05) is 0 Å². The first-order valence-corrected chi connectivity index (χ1v) is 6.75. The highest BCUT2D eigenvalue weighted by molar-refractivity contribution is 5.90. The first-order chi connectivity index (χ1) is 10.1. The molecular formula is C14H20N4O3. The summed E-state index contributed by atoms with van der Waals surface area (Å²) >= 11 is 0. The van der Waals surface area contributed by atoms with Crippen molar-refractivity contribution in [2.75, 3.05) is 38.3 Å². The molecule has 1 aromatic rings. The van der Waals surface area contributed by atoms with E-state index in [2.05, 4.69) is 16.0 Å². The average Bonchev–Trinajstić information content (AvgIpc) is 2.47. The largest absolute Gasteiger partial charge is 0.462 e. The smallest absolute Gasteiger partial charge is 0.341 e. The molecular weight excluding hydrogens is 272 g/mol. The van der Waals surface area contributed by atoms with Gasteiger partial charge >= 0.3 is 5.97 Å². The summed E-state index contributed by atoms with van der Waals surface area (Å²) in [6, 6.07) is 2.09. The van der Waals surface area contributed by atoms with Crippen LogP contribution in [0.25, 0.3) is 0 Å². The molecule has 0 N–H and O–H groups in total. The number of hydrogen-bond acceptors (Lipinski definition) is 7. The van der Waals surface area contributed by atoms with Crippen molar-refractivity contribution in [3.63, 3.8) is 0 Å². The fraction of sp³-hybridized carbons (Fsp3) is 0.571. The number of ether oxygens (including phenoxy) is 2. The van der Waals surface area contributed by atoms with E-state index in [1.165, 1.54) is 6.20 Å². The van der Waals surface area contributed by atoms with Crippen molar-refractivity contribution in [3.8, 4) is 6.07 Å². The van der Waals surface area contributed by atoms with Crippen LogP contribution in [0.1, 0.15) is 29.4 Å². The van der Waals surface area contributed by atoms with Gasteiger partial charge in [0.05, 0.1) is 37.0 Å². The summed E-state index contributed by atoms with van der Waals surface area (Å²) in [7, 11) is 1.61. The zero-order valence-electron chi connectivity index (χ0n) is 12.6. The summed E-state index contributed by atoms with van der Waals surface area (Å²) in [4.78, 5) is 22.1. The first-order valence-electron chi connectivity index (χ1n) is 6.75. The van der Waals surface area contributed by atoms with Gasteiger partial charge in [-0.15, -0.1) is 0 Å². The van der Waals surface area contributed by atoms with Crippen LogP contribution >= 0.6 is 0 Å². The molecule has 0 radical (unpaired) electrons. The van der Waals surface area contributed by atoms with Crippen LogP contribution in [0.15, 0.2) is 6.20 Å². The van der Waals surface area contributed by atoms with Gasteiger partial charge in [-0.25, -0.2) is 14.8 Å². The van der Waals surface area contributed by atoms with Crippen molar-refractivity contribution in [2.45, 2.75) is 20.3 Å². The second kappa shape index (κ2) is 8.87. The Labute approximate surface area is 124 Å². The van der Waals surface area contributed by atoms with Crippen LogP contribution in [0.3, 0.4) is 0 Å². The molecule has 21 heavy (non-hydrogen) atoms. The van der Waals surface area contributed by atoms with Gasteiger partial charge in [-0.3, -0.25) is 0 Å². The highest BCUT2D eigenvalue weighted by atomic mass is 16.5. The molecule has 0 saturated carbocycles. The Kier molecular flexibility index (Phi) is 7.12. The molecule has 0 aliphatic heterocycles. The lowest BCUT2D eigenvalue weighted by atomic mass is 10.2. The highest BCUT2D eigenvalue weighted by Gasteiger charge is 2.15. The standard InChI is InChI=1S/C14H20N4O3/c1-4-21-13(19)12-10-16-14(17-11(12)2)18(7-5-6-15)8-9-20-3/h10H,4-5,7-9H2,1-3H3. The van der Waals surface area contributed by atoms with Crippen LogP contribution < -0.4 is 4.90 Å². The number of anilines is 1. The van der Waals surface area contributed by atoms with Gasteiger partial charge in [0.2, 0.25) is 5.95 Å². The fourth-order valence-electron chi connectivity index (χ4n) is 1.71. The van der Waals surface area contributed by atoms with Crippen molar-refractivity contribution >= 4 is 11.9 Å². The third-order valence-corrected chi connectivity index (χ3v) is 2.80. The number of carbonyl (C=O) groups excluding carboxylic acids is 1. The van der Waals surface area contributed by atoms with E-state index in [-0.39, 0.29) is 0 Å². The van der Waals surface area contributed by atoms with E-state index in [9.17, 15) is 4.79 Å². The van der Waals surface area contributed by atoms with Gasteiger partial charge in [-0.2, -0.15) is 5.26 Å². The molecule has 0 aliphatic rings. The summed E-state index contributed by atoms with van der Waals surface area (Å²) < 4.78 is 9.99. The Bertz CT molecular complexity index is 513. The molecule has 0 fully saturated rings. The minimum Gasteiger partial charge on any atom is -0.462 e. The van der Waals surface area contributed by atoms with Crippen LogP contribution in [0.5, 0.6) is 0 Å². The maximum Gasteiger partial charge on any atom is 0.341 e. The molecule has 114 valence electrons. The van der Waals surface area contributed by atoms with Crippen molar-refractivity contribution in [1.82, 2.24) is 9.97 Å². The summed E-state index contributed by atoms with van der Waals surface area (Å²) in [5, 5.41) is 8.71. The van der Waals surface area contributed by atoms with E-state index < -0.39 is 5.97 Å². The van der Waals surface area contributed by atoms with E-state index in [4.69, 9.17) is 14.7 Å². The Morgan fingerprint density at radius 3 is 2.81 bits per heavy atom. The lowest BCUT2D eigenvalue weighted by molar-refractivity contribution is 0.0524. The molecule has 0 aromatic carbocycles. The van der Waals surface area contributed by atoms with Gasteiger partial charge in [0.25, 0.3) is 0 Å². The number of methoxy groups -OCH3 is 1. The normalized spacial score (nSPS) is 10.0. The van der Waals surface area contributed by atoms with E-state index in [1.807, 2.05) is 4.90 Å². The van der Waals surface area contributed by atoms with Crippen LogP contribution in [0, 0.1) is 18.3 Å². The number of nitrogens with zero attached hydrogens (tertiary/aromatic N) is 4. The SMILES string of the molecule is CCOC(=O)c1cnc(N(CCC#N)CCOC)nc1C. The molecule has 0 bridgehead atoms. The number of aromatic nitrogens is 2. The third-order valence-electron chi connectivity index (χ3n) is 2.80. The quantitative estimate of drug-likeness (QED) is 0.668. The number of carbonyl (C=O) groups is 1. The van der Waals surface area contributed by atoms with Gasteiger partial charge in [0.1, 0.15) is 0 Å². The Balaban J connectivity index is 2.91. The van der Waals surface area contributed by atoms with E-state index in [0.717, 1.165) is 0 Å². The maximum atomic E-state index is 11.7. The zero-order chi connectivity index (χ0) is 15.7. The van der Waals surface area contributed by atoms with Gasteiger partial charge < -0.3 is 14.4 Å². The molecule has 0 spiro atoms. The predicted molar refractivity (Wildman–Crippen MR) is 77.0 cm³/mol. The van der Waals surface area contributed by atoms with E-state index in [0.29, 0.717) is 49.9 Å². The summed E-state index contributed by atoms with van der Waals surface area (Å²) in [6.07, 6.45) is 1.83. The van der Waals surface area contributed by atoms with Gasteiger partial charge in [0.15, 0.2) is 0 Å². The molecule has 0 saturated heterocycles. The Morgan fingerprint density at radius 2 is 2.24 bits per heavy atom. The number of esters is 1. The minimum absolute atomic E-state index is 0.308. The van der Waals surface area contributed by atoms with Crippen molar-refractivity contribution in [1.29, 1.82) is 5.26 Å². The minimum atomic E-state index is -0.429. The average molecular weight is 292 g/mol. The molecule has 1 rings (SSSR count). The van der Waals surface area contributed by atoms with Crippen LogP contribution in [-0.2, 0) is 9.47 Å². The summed E-state index contributed by atoms with van der Waals surface area (Å²) in [6.45, 7) is 5.39. The second-order valence-electron chi connectivity index (χ2n) is 4.28. The molecule has 7 nitrogen and oxygen atoms in total. The van der Waals surface area contributed by atoms with Crippen LogP contribution in [-0.4, -0.2) is 49.4 Å². The maximum absolute atomic E-state index is 11.7. The first kappa shape index (κ1) is 16.9. The number of nitriles is 1. The topological polar surface area (TPSA) is 88.3 Å². The zero-order valence-corrected chi connectivity index (χ0v) is 12.6. The summed E-state index contributed by atoms with van der Waals surface area (Å²) in [5.74, 6) is 0.0508.